The van der Waals surface area contributed by atoms with E-state index >= 15 is 0 Å². The minimum Gasteiger partial charge on any atom is -0.312 e. The molecule has 0 spiro atoms. The summed E-state index contributed by atoms with van der Waals surface area (Å²) in [6, 6.07) is 31.3. The summed E-state index contributed by atoms with van der Waals surface area (Å²) < 4.78 is 0. The van der Waals surface area contributed by atoms with E-state index in [-0.39, 0.29) is 5.91 Å². The van der Waals surface area contributed by atoms with Gasteiger partial charge in [0.25, 0.3) is 0 Å². The van der Waals surface area contributed by atoms with E-state index in [1.165, 1.54) is 43.5 Å². The SMILES string of the molecule is O=C(CCc1ccccc1)N(CCCN1CCC(Cc2ccccc2)CC1)c1ccccc1. The third-order valence-electron chi connectivity index (χ3n) is 6.77. The largest absolute Gasteiger partial charge is 0.312 e. The highest BCUT2D eigenvalue weighted by molar-refractivity contribution is 5.93. The van der Waals surface area contributed by atoms with Gasteiger partial charge in [0.15, 0.2) is 0 Å². The van der Waals surface area contributed by atoms with Crippen LogP contribution in [0.4, 0.5) is 5.69 Å². The lowest BCUT2D eigenvalue weighted by Gasteiger charge is -2.32. The molecule has 3 aromatic carbocycles. The number of piperidine rings is 1. The summed E-state index contributed by atoms with van der Waals surface area (Å²) in [6.07, 6.45) is 6.09. The molecule has 3 heteroatoms. The van der Waals surface area contributed by atoms with Gasteiger partial charge in [-0.3, -0.25) is 4.79 Å². The predicted octanol–water partition coefficient (Wildman–Crippen LogP) is 6.00. The van der Waals surface area contributed by atoms with Gasteiger partial charge in [-0.2, -0.15) is 0 Å². The minimum absolute atomic E-state index is 0.214. The number of hydrogen-bond acceptors (Lipinski definition) is 2. The fraction of sp³-hybridized carbons (Fsp3) is 0.367. The molecule has 0 saturated carbocycles. The standard InChI is InChI=1S/C30H36N2O/c33-30(18-17-26-11-4-1-5-12-26)32(29-15-8-3-9-16-29)22-10-21-31-23-19-28(20-24-31)25-27-13-6-2-7-14-27/h1-9,11-16,28H,10,17-25H2. The lowest BCUT2D eigenvalue weighted by molar-refractivity contribution is -0.118. The molecule has 1 amide bonds. The summed E-state index contributed by atoms with van der Waals surface area (Å²) >= 11 is 0. The molecule has 1 heterocycles. The zero-order chi connectivity index (χ0) is 22.7. The van der Waals surface area contributed by atoms with Crippen LogP contribution in [0.1, 0.15) is 36.8 Å². The first-order valence-electron chi connectivity index (χ1n) is 12.4. The van der Waals surface area contributed by atoms with Gasteiger partial charge in [-0.25, -0.2) is 0 Å². The van der Waals surface area contributed by atoms with Gasteiger partial charge in [-0.05, 0) is 80.9 Å². The van der Waals surface area contributed by atoms with Gasteiger partial charge in [-0.1, -0.05) is 78.9 Å². The van der Waals surface area contributed by atoms with E-state index in [0.29, 0.717) is 6.42 Å². The third kappa shape index (κ3) is 7.30. The number of benzene rings is 3. The van der Waals surface area contributed by atoms with Crippen molar-refractivity contribution in [2.24, 2.45) is 5.92 Å². The summed E-state index contributed by atoms with van der Waals surface area (Å²) in [7, 11) is 0. The van der Waals surface area contributed by atoms with E-state index < -0.39 is 0 Å². The Kier molecular flexibility index (Phi) is 8.71. The topological polar surface area (TPSA) is 23.6 Å². The molecular formula is C30H36N2O. The fourth-order valence-electron chi connectivity index (χ4n) is 4.85. The summed E-state index contributed by atoms with van der Waals surface area (Å²) in [6.45, 7) is 4.19. The highest BCUT2D eigenvalue weighted by Crippen LogP contribution is 2.22. The van der Waals surface area contributed by atoms with Gasteiger partial charge in [0, 0.05) is 18.7 Å². The molecule has 172 valence electrons. The highest BCUT2D eigenvalue weighted by atomic mass is 16.2. The molecule has 33 heavy (non-hydrogen) atoms. The number of hydrogen-bond donors (Lipinski definition) is 0. The molecule has 3 nitrogen and oxygen atoms in total. The number of para-hydroxylation sites is 1. The van der Waals surface area contributed by atoms with Crippen LogP contribution in [0.2, 0.25) is 0 Å². The van der Waals surface area contributed by atoms with E-state index in [1.807, 2.05) is 41.3 Å². The first-order valence-corrected chi connectivity index (χ1v) is 12.4. The van der Waals surface area contributed by atoms with Crippen molar-refractivity contribution in [3.63, 3.8) is 0 Å². The summed E-state index contributed by atoms with van der Waals surface area (Å²) in [5.41, 5.74) is 3.69. The van der Waals surface area contributed by atoms with Crippen molar-refractivity contribution in [2.75, 3.05) is 31.1 Å². The number of nitrogens with zero attached hydrogens (tertiary/aromatic N) is 2. The van der Waals surface area contributed by atoms with Crippen LogP contribution >= 0.6 is 0 Å². The Balaban J connectivity index is 1.24. The maximum absolute atomic E-state index is 13.1. The Morgan fingerprint density at radius 2 is 1.36 bits per heavy atom. The molecule has 0 aromatic heterocycles. The van der Waals surface area contributed by atoms with E-state index in [1.54, 1.807) is 0 Å². The van der Waals surface area contributed by atoms with Crippen molar-refractivity contribution in [3.05, 3.63) is 102 Å². The van der Waals surface area contributed by atoms with Crippen molar-refractivity contribution < 1.29 is 4.79 Å². The molecule has 0 atom stereocenters. The second-order valence-electron chi connectivity index (χ2n) is 9.19. The van der Waals surface area contributed by atoms with Crippen molar-refractivity contribution >= 4 is 11.6 Å². The van der Waals surface area contributed by atoms with E-state index in [9.17, 15) is 4.79 Å². The zero-order valence-corrected chi connectivity index (χ0v) is 19.6. The number of anilines is 1. The molecule has 0 aliphatic carbocycles. The van der Waals surface area contributed by atoms with Gasteiger partial charge in [0.2, 0.25) is 5.91 Å². The molecule has 1 fully saturated rings. The molecule has 0 bridgehead atoms. The van der Waals surface area contributed by atoms with Crippen LogP contribution in [0.15, 0.2) is 91.0 Å². The lowest BCUT2D eigenvalue weighted by Crippen LogP contribution is -2.38. The zero-order valence-electron chi connectivity index (χ0n) is 19.6. The van der Waals surface area contributed by atoms with Crippen LogP contribution in [0.25, 0.3) is 0 Å². The molecule has 0 radical (unpaired) electrons. The number of rotatable bonds is 10. The Bertz CT molecular complexity index is 950. The van der Waals surface area contributed by atoms with Gasteiger partial charge < -0.3 is 9.80 Å². The summed E-state index contributed by atoms with van der Waals surface area (Å²) in [4.78, 5) is 17.7. The Morgan fingerprint density at radius 1 is 0.788 bits per heavy atom. The average Bonchev–Trinajstić information content (AvgIpc) is 2.88. The molecule has 1 aliphatic rings. The number of aryl methyl sites for hydroxylation is 1. The van der Waals surface area contributed by atoms with Gasteiger partial charge in [-0.15, -0.1) is 0 Å². The Labute approximate surface area is 199 Å². The highest BCUT2D eigenvalue weighted by Gasteiger charge is 2.20. The van der Waals surface area contributed by atoms with Crippen molar-refractivity contribution in [1.82, 2.24) is 4.90 Å². The molecule has 0 unspecified atom stereocenters. The quantitative estimate of drug-likeness (QED) is 0.386. The Hall–Kier alpha value is -2.91. The van der Waals surface area contributed by atoms with Crippen LogP contribution in [0.5, 0.6) is 0 Å². The summed E-state index contributed by atoms with van der Waals surface area (Å²) in [5, 5.41) is 0. The lowest BCUT2D eigenvalue weighted by atomic mass is 9.90. The predicted molar refractivity (Wildman–Crippen MR) is 137 cm³/mol. The van der Waals surface area contributed by atoms with E-state index in [4.69, 9.17) is 0 Å². The Morgan fingerprint density at radius 3 is 2.00 bits per heavy atom. The van der Waals surface area contributed by atoms with E-state index in [2.05, 4.69) is 59.5 Å². The van der Waals surface area contributed by atoms with Crippen LogP contribution < -0.4 is 4.90 Å². The molecular weight excluding hydrogens is 404 g/mol. The fourth-order valence-corrected chi connectivity index (χ4v) is 4.85. The normalized spacial score (nSPS) is 14.8. The van der Waals surface area contributed by atoms with Crippen LogP contribution in [0.3, 0.4) is 0 Å². The first kappa shape index (κ1) is 23.3. The van der Waals surface area contributed by atoms with Gasteiger partial charge in [0.05, 0.1) is 0 Å². The number of amides is 1. The first-order chi connectivity index (χ1) is 16.3. The number of carbonyl (C=O) groups excluding carboxylic acids is 1. The second kappa shape index (κ2) is 12.4. The van der Waals surface area contributed by atoms with Crippen molar-refractivity contribution in [3.8, 4) is 0 Å². The monoisotopic (exact) mass is 440 g/mol. The third-order valence-corrected chi connectivity index (χ3v) is 6.77. The van der Waals surface area contributed by atoms with Crippen molar-refractivity contribution in [2.45, 2.75) is 38.5 Å². The van der Waals surface area contributed by atoms with E-state index in [0.717, 1.165) is 37.5 Å². The van der Waals surface area contributed by atoms with Gasteiger partial charge >= 0.3 is 0 Å². The molecule has 3 aromatic rings. The van der Waals surface area contributed by atoms with Crippen molar-refractivity contribution in [1.29, 1.82) is 0 Å². The van der Waals surface area contributed by atoms with Gasteiger partial charge in [0.1, 0.15) is 0 Å². The van der Waals surface area contributed by atoms with Crippen LogP contribution in [-0.4, -0.2) is 37.0 Å². The molecule has 4 rings (SSSR count). The van der Waals surface area contributed by atoms with Crippen LogP contribution in [0, 0.1) is 5.92 Å². The minimum atomic E-state index is 0.214. The maximum Gasteiger partial charge on any atom is 0.227 e. The molecule has 1 saturated heterocycles. The molecule has 1 aliphatic heterocycles. The van der Waals surface area contributed by atoms with Crippen LogP contribution in [-0.2, 0) is 17.6 Å². The smallest absolute Gasteiger partial charge is 0.227 e. The second-order valence-corrected chi connectivity index (χ2v) is 9.19. The molecule has 0 N–H and O–H groups in total. The number of carbonyl (C=O) groups is 1. The number of likely N-dealkylation sites (tertiary alicyclic amines) is 1. The average molecular weight is 441 g/mol. The summed E-state index contributed by atoms with van der Waals surface area (Å²) in [5.74, 6) is 1.01. The maximum atomic E-state index is 13.1.